The van der Waals surface area contributed by atoms with E-state index in [4.69, 9.17) is 18.9 Å². The summed E-state index contributed by atoms with van der Waals surface area (Å²) < 4.78 is 20.4. The summed E-state index contributed by atoms with van der Waals surface area (Å²) in [4.78, 5) is 44.7. The van der Waals surface area contributed by atoms with Gasteiger partial charge < -0.3 is 24.1 Å². The second-order valence-corrected chi connectivity index (χ2v) is 5.89. The van der Waals surface area contributed by atoms with Crippen LogP contribution in [0.3, 0.4) is 0 Å². The molecular weight excluding hydrogens is 402 g/mol. The zero-order valence-corrected chi connectivity index (χ0v) is 16.9. The van der Waals surface area contributed by atoms with Gasteiger partial charge in [0.15, 0.2) is 0 Å². The maximum atomic E-state index is 11.5. The number of nitrogens with zero attached hydrogens (tertiary/aromatic N) is 1. The number of esters is 2. The lowest BCUT2D eigenvalue weighted by molar-refractivity contribution is -0.385. The van der Waals surface area contributed by atoms with Crippen LogP contribution < -0.4 is 9.47 Å². The van der Waals surface area contributed by atoms with E-state index in [2.05, 4.69) is 0 Å². The van der Waals surface area contributed by atoms with Gasteiger partial charge in [0.25, 0.3) is 0 Å². The van der Waals surface area contributed by atoms with E-state index in [0.29, 0.717) is 0 Å². The van der Waals surface area contributed by atoms with Crippen LogP contribution in [-0.4, -0.2) is 54.4 Å². The maximum Gasteiger partial charge on any atom is 0.339 e. The van der Waals surface area contributed by atoms with Gasteiger partial charge in [-0.3, -0.25) is 19.7 Å². The molecule has 166 valence electrons. The van der Waals surface area contributed by atoms with Crippen molar-refractivity contribution in [2.75, 3.05) is 26.4 Å². The number of carbonyl (C=O) groups is 3. The molecule has 30 heavy (non-hydrogen) atoms. The normalized spacial score (nSPS) is 10.2. The predicted molar refractivity (Wildman–Crippen MR) is 103 cm³/mol. The largest absolute Gasteiger partial charge is 0.493 e. The van der Waals surface area contributed by atoms with Crippen LogP contribution in [0, 0.1) is 10.1 Å². The van der Waals surface area contributed by atoms with Crippen molar-refractivity contribution in [3.63, 3.8) is 0 Å². The summed E-state index contributed by atoms with van der Waals surface area (Å²) >= 11 is 0. The van der Waals surface area contributed by atoms with Crippen molar-refractivity contribution in [1.82, 2.24) is 0 Å². The number of ether oxygens (including phenoxy) is 4. The first-order chi connectivity index (χ1) is 14.3. The first-order valence-electron chi connectivity index (χ1n) is 9.42. The summed E-state index contributed by atoms with van der Waals surface area (Å²) in [5.41, 5.74) is -0.945. The summed E-state index contributed by atoms with van der Waals surface area (Å²) in [5, 5.41) is 20.6. The summed E-state index contributed by atoms with van der Waals surface area (Å²) in [6, 6.07) is 1.97. The smallest absolute Gasteiger partial charge is 0.339 e. The molecule has 11 nitrogen and oxygen atoms in total. The number of carboxylic acids is 1. The van der Waals surface area contributed by atoms with Crippen LogP contribution in [0.25, 0.3) is 0 Å². The molecule has 1 aromatic carbocycles. The van der Waals surface area contributed by atoms with Crippen molar-refractivity contribution >= 4 is 23.6 Å². The third-order valence-electron chi connectivity index (χ3n) is 3.66. The van der Waals surface area contributed by atoms with E-state index in [0.717, 1.165) is 12.1 Å². The topological polar surface area (TPSA) is 152 Å². The van der Waals surface area contributed by atoms with E-state index in [1.165, 1.54) is 0 Å². The Morgan fingerprint density at radius 3 is 1.87 bits per heavy atom. The SMILES string of the molecule is CCOC(=O)CCCOc1cc(OCCCC(=O)OCC)c([N+](=O)[O-])cc1C(=O)O. The zero-order chi connectivity index (χ0) is 22.5. The fraction of sp³-hybridized carbons (Fsp3) is 0.526. The molecule has 0 heterocycles. The highest BCUT2D eigenvalue weighted by Gasteiger charge is 2.24. The molecule has 0 amide bonds. The van der Waals surface area contributed by atoms with E-state index in [-0.39, 0.29) is 63.6 Å². The van der Waals surface area contributed by atoms with E-state index in [1.807, 2.05) is 0 Å². The molecule has 0 aliphatic heterocycles. The van der Waals surface area contributed by atoms with Crippen LogP contribution in [0.2, 0.25) is 0 Å². The Bertz CT molecular complexity index is 703. The minimum absolute atomic E-state index is 0.000790. The van der Waals surface area contributed by atoms with Crippen molar-refractivity contribution in [3.05, 3.63) is 27.8 Å². The summed E-state index contributed by atoms with van der Waals surface area (Å²) in [5.74, 6) is -2.55. The van der Waals surface area contributed by atoms with Gasteiger partial charge in [-0.05, 0) is 26.7 Å². The van der Waals surface area contributed by atoms with E-state index in [1.54, 1.807) is 13.8 Å². The van der Waals surface area contributed by atoms with Crippen molar-refractivity contribution in [3.8, 4) is 11.5 Å². The standard InChI is InChI=1S/C19H25NO10/c1-3-27-17(21)7-5-9-29-15-12-16(30-10-6-8-18(22)28-4-2)14(20(25)26)11-13(15)19(23)24/h11-12H,3-10H2,1-2H3,(H,23,24). The predicted octanol–water partition coefficient (Wildman–Crippen LogP) is 2.74. The highest BCUT2D eigenvalue weighted by atomic mass is 16.6. The van der Waals surface area contributed by atoms with Gasteiger partial charge in [-0.2, -0.15) is 0 Å². The molecule has 0 fully saturated rings. The van der Waals surface area contributed by atoms with Gasteiger partial charge in [0.2, 0.25) is 5.75 Å². The highest BCUT2D eigenvalue weighted by Crippen LogP contribution is 2.35. The molecule has 0 atom stereocenters. The molecule has 0 radical (unpaired) electrons. The Hall–Kier alpha value is -3.37. The number of benzene rings is 1. The molecular formula is C19H25NO10. The molecule has 0 aliphatic carbocycles. The van der Waals surface area contributed by atoms with Crippen LogP contribution >= 0.6 is 0 Å². The molecule has 0 unspecified atom stereocenters. The monoisotopic (exact) mass is 427 g/mol. The maximum absolute atomic E-state index is 11.5. The quantitative estimate of drug-likeness (QED) is 0.203. The van der Waals surface area contributed by atoms with Gasteiger partial charge in [0, 0.05) is 25.0 Å². The lowest BCUT2D eigenvalue weighted by Crippen LogP contribution is -2.10. The van der Waals surface area contributed by atoms with E-state index < -0.39 is 34.1 Å². The Labute approximate surface area is 173 Å². The fourth-order valence-corrected chi connectivity index (χ4v) is 2.36. The van der Waals surface area contributed by atoms with Crippen molar-refractivity contribution < 1.29 is 43.4 Å². The lowest BCUT2D eigenvalue weighted by atomic mass is 10.1. The molecule has 1 aromatic rings. The molecule has 1 rings (SSSR count). The minimum atomic E-state index is -1.41. The average molecular weight is 427 g/mol. The summed E-state index contributed by atoms with van der Waals surface area (Å²) in [6.07, 6.45) is 0.684. The van der Waals surface area contributed by atoms with Gasteiger partial charge >= 0.3 is 23.6 Å². The summed E-state index contributed by atoms with van der Waals surface area (Å²) in [7, 11) is 0. The zero-order valence-electron chi connectivity index (χ0n) is 16.9. The molecule has 0 spiro atoms. The van der Waals surface area contributed by atoms with Crippen molar-refractivity contribution in [2.45, 2.75) is 39.5 Å². The number of hydrogen-bond acceptors (Lipinski definition) is 9. The van der Waals surface area contributed by atoms with E-state index in [9.17, 15) is 29.6 Å². The second kappa shape index (κ2) is 13.0. The molecule has 0 bridgehead atoms. The van der Waals surface area contributed by atoms with Crippen LogP contribution in [-0.2, 0) is 19.1 Å². The molecule has 0 saturated carbocycles. The Morgan fingerprint density at radius 2 is 1.43 bits per heavy atom. The van der Waals surface area contributed by atoms with Gasteiger partial charge in [0.1, 0.15) is 11.3 Å². The number of hydrogen-bond donors (Lipinski definition) is 1. The fourth-order valence-electron chi connectivity index (χ4n) is 2.36. The number of rotatable bonds is 14. The van der Waals surface area contributed by atoms with Crippen LogP contribution in [0.5, 0.6) is 11.5 Å². The Balaban J connectivity index is 2.86. The van der Waals surface area contributed by atoms with Crippen LogP contribution in [0.4, 0.5) is 5.69 Å². The van der Waals surface area contributed by atoms with Crippen molar-refractivity contribution in [1.29, 1.82) is 0 Å². The number of nitro benzene ring substituents is 1. The van der Waals surface area contributed by atoms with Gasteiger partial charge in [-0.25, -0.2) is 4.79 Å². The van der Waals surface area contributed by atoms with Crippen LogP contribution in [0.15, 0.2) is 12.1 Å². The first kappa shape index (κ1) is 24.7. The highest BCUT2D eigenvalue weighted by molar-refractivity contribution is 5.92. The van der Waals surface area contributed by atoms with E-state index >= 15 is 0 Å². The minimum Gasteiger partial charge on any atom is -0.493 e. The molecule has 0 saturated heterocycles. The third-order valence-corrected chi connectivity index (χ3v) is 3.66. The molecule has 0 aliphatic rings. The van der Waals surface area contributed by atoms with Gasteiger partial charge in [0.05, 0.1) is 31.4 Å². The molecule has 0 aromatic heterocycles. The number of carbonyl (C=O) groups excluding carboxylic acids is 2. The lowest BCUT2D eigenvalue weighted by Gasteiger charge is -2.12. The van der Waals surface area contributed by atoms with Gasteiger partial charge in [-0.1, -0.05) is 0 Å². The Morgan fingerprint density at radius 1 is 0.933 bits per heavy atom. The molecule has 11 heteroatoms. The number of nitro groups is 1. The van der Waals surface area contributed by atoms with Gasteiger partial charge in [-0.15, -0.1) is 0 Å². The summed E-state index contributed by atoms with van der Waals surface area (Å²) in [6.45, 7) is 3.84. The number of carboxylic acid groups (broad SMARTS) is 1. The van der Waals surface area contributed by atoms with Crippen molar-refractivity contribution in [2.24, 2.45) is 0 Å². The Kier molecular flexibility index (Phi) is 10.7. The third kappa shape index (κ3) is 8.33. The average Bonchev–Trinajstić information content (AvgIpc) is 2.68. The first-order valence-corrected chi connectivity index (χ1v) is 9.42. The van der Waals surface area contributed by atoms with Crippen LogP contribution in [0.1, 0.15) is 49.9 Å². The second-order valence-electron chi connectivity index (χ2n) is 5.89. The molecule has 1 N–H and O–H groups in total. The number of aromatic carboxylic acids is 1.